The largest absolute Gasteiger partial charge is 0.447 e. The molecule has 1 atom stereocenters. The number of pyridine rings is 1. The Balaban J connectivity index is 1.39. The third kappa shape index (κ3) is 4.82. The summed E-state index contributed by atoms with van der Waals surface area (Å²) in [6, 6.07) is 3.19. The summed E-state index contributed by atoms with van der Waals surface area (Å²) in [6.45, 7) is 2.49. The number of halogens is 3. The summed E-state index contributed by atoms with van der Waals surface area (Å²) in [5.74, 6) is 1.26. The van der Waals surface area contributed by atoms with Crippen LogP contribution in [-0.4, -0.2) is 44.2 Å². The molecule has 0 saturated carbocycles. The molecule has 0 bridgehead atoms. The Bertz CT molecular complexity index is 1090. The zero-order valence-electron chi connectivity index (χ0n) is 16.6. The molecule has 0 aliphatic carbocycles. The quantitative estimate of drug-likeness (QED) is 0.605. The minimum Gasteiger partial charge on any atom is -0.447 e. The lowest BCUT2D eigenvalue weighted by Gasteiger charge is -2.15. The van der Waals surface area contributed by atoms with Crippen molar-refractivity contribution in [1.82, 2.24) is 24.9 Å². The Morgan fingerprint density at radius 1 is 1.12 bits per heavy atom. The topological polar surface area (TPSA) is 115 Å². The molecule has 3 aromatic rings. The number of carbonyl (C=O) groups is 1. The Morgan fingerprint density at radius 3 is 2.53 bits per heavy atom. The van der Waals surface area contributed by atoms with Gasteiger partial charge >= 0.3 is 12.3 Å². The van der Waals surface area contributed by atoms with Crippen molar-refractivity contribution < 1.29 is 27.4 Å². The van der Waals surface area contributed by atoms with Gasteiger partial charge in [0.15, 0.2) is 11.6 Å². The number of alkyl halides is 3. The Kier molecular flexibility index (Phi) is 5.71. The molecule has 1 aliphatic heterocycles. The highest BCUT2D eigenvalue weighted by molar-refractivity contribution is 5.88. The number of nitrogens with zero attached hydrogens (tertiary/aromatic N) is 6. The molecule has 1 N–H and O–H groups in total. The standard InChI is InChI=1S/C19H16F3N7O3/c1-11(27-17-23-5-4-14(28-17)29-6-7-31-18(29)30)16-25-9-13(10-26-16)32-15-3-2-12(8-24-15)19(20,21)22/h2-5,8-11H,6-7H2,1H3,(H,23,27,28). The van der Waals surface area contributed by atoms with Crippen LogP contribution in [0.4, 0.5) is 29.7 Å². The first kappa shape index (κ1) is 21.2. The number of hydrogen-bond acceptors (Lipinski definition) is 9. The second-order valence-corrected chi connectivity index (χ2v) is 6.63. The fraction of sp³-hybridized carbons (Fsp3) is 0.263. The molecule has 0 aromatic carbocycles. The van der Waals surface area contributed by atoms with Gasteiger partial charge in [-0.3, -0.25) is 4.90 Å². The molecule has 0 radical (unpaired) electrons. The van der Waals surface area contributed by atoms with E-state index in [2.05, 4.69) is 30.2 Å². The summed E-state index contributed by atoms with van der Waals surface area (Å²) in [7, 11) is 0. The van der Waals surface area contributed by atoms with E-state index in [4.69, 9.17) is 9.47 Å². The van der Waals surface area contributed by atoms with Gasteiger partial charge in [-0.15, -0.1) is 0 Å². The zero-order valence-corrected chi connectivity index (χ0v) is 16.6. The second kappa shape index (κ2) is 8.61. The van der Waals surface area contributed by atoms with Crippen LogP contribution >= 0.6 is 0 Å². The van der Waals surface area contributed by atoms with Crippen molar-refractivity contribution in [3.05, 3.63) is 54.4 Å². The molecule has 32 heavy (non-hydrogen) atoms. The number of carbonyl (C=O) groups excluding carboxylic acids is 1. The summed E-state index contributed by atoms with van der Waals surface area (Å²) in [4.78, 5) is 33.5. The normalized spacial score (nSPS) is 14.8. The molecule has 10 nitrogen and oxygen atoms in total. The molecule has 3 aromatic heterocycles. The lowest BCUT2D eigenvalue weighted by molar-refractivity contribution is -0.137. The maximum absolute atomic E-state index is 12.6. The predicted octanol–water partition coefficient (Wildman–Crippen LogP) is 3.60. The van der Waals surface area contributed by atoms with Crippen LogP contribution in [-0.2, 0) is 10.9 Å². The molecule has 1 fully saturated rings. The fourth-order valence-electron chi connectivity index (χ4n) is 2.76. The van der Waals surface area contributed by atoms with E-state index in [0.29, 0.717) is 31.0 Å². The first-order valence-electron chi connectivity index (χ1n) is 9.36. The van der Waals surface area contributed by atoms with Crippen molar-refractivity contribution in [2.75, 3.05) is 23.4 Å². The summed E-state index contributed by atoms with van der Waals surface area (Å²) >= 11 is 0. The van der Waals surface area contributed by atoms with Crippen molar-refractivity contribution in [1.29, 1.82) is 0 Å². The summed E-state index contributed by atoms with van der Waals surface area (Å²) in [6.07, 6.45) is 0.00341. The molecular formula is C19H16F3N7O3. The molecule has 1 aliphatic rings. The highest BCUT2D eigenvalue weighted by Gasteiger charge is 2.30. The summed E-state index contributed by atoms with van der Waals surface area (Å²) in [5, 5.41) is 3.04. The number of hydrogen-bond donors (Lipinski definition) is 1. The monoisotopic (exact) mass is 447 g/mol. The first-order valence-corrected chi connectivity index (χ1v) is 9.36. The third-order valence-electron chi connectivity index (χ3n) is 4.35. The molecule has 13 heteroatoms. The van der Waals surface area contributed by atoms with E-state index in [0.717, 1.165) is 12.1 Å². The van der Waals surface area contributed by atoms with Crippen LogP contribution < -0.4 is 15.0 Å². The minimum absolute atomic E-state index is 0.0221. The van der Waals surface area contributed by atoms with Gasteiger partial charge in [-0.05, 0) is 19.1 Å². The first-order chi connectivity index (χ1) is 15.3. The Morgan fingerprint density at radius 2 is 1.91 bits per heavy atom. The van der Waals surface area contributed by atoms with Crippen LogP contribution in [0.15, 0.2) is 43.0 Å². The van der Waals surface area contributed by atoms with Gasteiger partial charge in [-0.2, -0.15) is 18.2 Å². The molecule has 1 amide bonds. The molecule has 4 rings (SSSR count). The summed E-state index contributed by atoms with van der Waals surface area (Å²) < 4.78 is 48.1. The highest BCUT2D eigenvalue weighted by Crippen LogP contribution is 2.30. The van der Waals surface area contributed by atoms with Gasteiger partial charge in [0.05, 0.1) is 30.5 Å². The number of cyclic esters (lactones) is 1. The third-order valence-corrected chi connectivity index (χ3v) is 4.35. The number of rotatable bonds is 6. The van der Waals surface area contributed by atoms with E-state index in [1.165, 1.54) is 23.5 Å². The molecule has 1 saturated heterocycles. The van der Waals surface area contributed by atoms with E-state index in [1.807, 2.05) is 0 Å². The van der Waals surface area contributed by atoms with Crippen LogP contribution in [0.25, 0.3) is 0 Å². The molecule has 4 heterocycles. The molecule has 166 valence electrons. The van der Waals surface area contributed by atoms with Crippen molar-refractivity contribution in [3.63, 3.8) is 0 Å². The van der Waals surface area contributed by atoms with Crippen LogP contribution in [0.5, 0.6) is 11.6 Å². The van der Waals surface area contributed by atoms with Crippen molar-refractivity contribution in [3.8, 4) is 11.6 Å². The van der Waals surface area contributed by atoms with E-state index in [9.17, 15) is 18.0 Å². The molecular weight excluding hydrogens is 431 g/mol. The lowest BCUT2D eigenvalue weighted by atomic mass is 10.3. The van der Waals surface area contributed by atoms with Gasteiger partial charge in [-0.1, -0.05) is 0 Å². The van der Waals surface area contributed by atoms with Crippen molar-refractivity contribution in [2.24, 2.45) is 0 Å². The van der Waals surface area contributed by atoms with Crippen molar-refractivity contribution >= 4 is 17.9 Å². The molecule has 1 unspecified atom stereocenters. The van der Waals surface area contributed by atoms with E-state index < -0.39 is 23.9 Å². The maximum Gasteiger partial charge on any atom is 0.417 e. The second-order valence-electron chi connectivity index (χ2n) is 6.63. The van der Waals surface area contributed by atoms with E-state index in [-0.39, 0.29) is 17.6 Å². The van der Waals surface area contributed by atoms with Crippen LogP contribution in [0, 0.1) is 0 Å². The van der Waals surface area contributed by atoms with Gasteiger partial charge in [0, 0.05) is 18.5 Å². The summed E-state index contributed by atoms with van der Waals surface area (Å²) in [5.41, 5.74) is -0.871. The van der Waals surface area contributed by atoms with Crippen LogP contribution in [0.1, 0.15) is 24.4 Å². The number of ether oxygens (including phenoxy) is 2. The SMILES string of the molecule is CC(Nc1nccc(N2CCOC2=O)n1)c1ncc(Oc2ccc(C(F)(F)F)cn2)cn1. The fourth-order valence-corrected chi connectivity index (χ4v) is 2.76. The average Bonchev–Trinajstić information content (AvgIpc) is 3.20. The molecule has 0 spiro atoms. The number of aromatic nitrogens is 5. The van der Waals surface area contributed by atoms with Crippen LogP contribution in [0.2, 0.25) is 0 Å². The highest BCUT2D eigenvalue weighted by atomic mass is 19.4. The van der Waals surface area contributed by atoms with Gasteiger partial charge < -0.3 is 14.8 Å². The lowest BCUT2D eigenvalue weighted by Crippen LogP contribution is -2.25. The van der Waals surface area contributed by atoms with Gasteiger partial charge in [0.1, 0.15) is 12.4 Å². The van der Waals surface area contributed by atoms with Crippen LogP contribution in [0.3, 0.4) is 0 Å². The number of anilines is 2. The smallest absolute Gasteiger partial charge is 0.417 e. The van der Waals surface area contributed by atoms with Crippen molar-refractivity contribution in [2.45, 2.75) is 19.1 Å². The number of amides is 1. The minimum atomic E-state index is -4.47. The zero-order chi connectivity index (χ0) is 22.7. The number of nitrogens with one attached hydrogen (secondary N) is 1. The van der Waals surface area contributed by atoms with Gasteiger partial charge in [0.2, 0.25) is 11.8 Å². The van der Waals surface area contributed by atoms with Gasteiger partial charge in [-0.25, -0.2) is 24.7 Å². The van der Waals surface area contributed by atoms with E-state index in [1.54, 1.807) is 13.0 Å². The average molecular weight is 447 g/mol. The van der Waals surface area contributed by atoms with E-state index >= 15 is 0 Å². The predicted molar refractivity (Wildman–Crippen MR) is 104 cm³/mol. The Hall–Kier alpha value is -4.03. The van der Waals surface area contributed by atoms with Gasteiger partial charge in [0.25, 0.3) is 0 Å². The Labute approximate surface area is 179 Å². The maximum atomic E-state index is 12.6.